The third-order valence-corrected chi connectivity index (χ3v) is 0.586. The summed E-state index contributed by atoms with van der Waals surface area (Å²) in [4.78, 5) is 0. The molecule has 0 spiro atoms. The summed E-state index contributed by atoms with van der Waals surface area (Å²) in [6.45, 7) is 5.56. The van der Waals surface area contributed by atoms with Gasteiger partial charge in [-0.3, -0.25) is 6.08 Å². The van der Waals surface area contributed by atoms with Gasteiger partial charge in [-0.05, 0) is 0 Å². The van der Waals surface area contributed by atoms with E-state index in [0.29, 0.717) is 0 Å². The summed E-state index contributed by atoms with van der Waals surface area (Å²) in [5, 5.41) is 0. The number of halogens is 2. The number of allylic oxidation sites excluding steroid dienone is 4. The Kier molecular flexibility index (Phi) is 23.4. The molecule has 0 aromatic rings. The summed E-state index contributed by atoms with van der Waals surface area (Å²) in [7, 11) is 0. The zero-order valence-corrected chi connectivity index (χ0v) is 13.3. The Balaban J connectivity index is -0.0000000506. The summed E-state index contributed by atoms with van der Waals surface area (Å²) >= 11 is 0. The molecule has 0 bridgehead atoms. The summed E-state index contributed by atoms with van der Waals surface area (Å²) in [5.41, 5.74) is 6.69. The van der Waals surface area contributed by atoms with Crippen LogP contribution in [0.5, 0.6) is 0 Å². The zero-order valence-electron chi connectivity index (χ0n) is 8.20. The van der Waals surface area contributed by atoms with Gasteiger partial charge in [-0.25, -0.2) is 12.2 Å². The Labute approximate surface area is 113 Å². The van der Waals surface area contributed by atoms with Gasteiger partial charge in [0.05, 0.1) is 0 Å². The van der Waals surface area contributed by atoms with Crippen molar-refractivity contribution in [3.63, 3.8) is 0 Å². The third-order valence-electron chi connectivity index (χ3n) is 0.586. The molecule has 0 amide bonds. The van der Waals surface area contributed by atoms with Gasteiger partial charge >= 0.3 is 25.8 Å². The first kappa shape index (κ1) is 23.6. The summed E-state index contributed by atoms with van der Waals surface area (Å²) in [6.07, 6.45) is 10.0. The first-order valence-electron chi connectivity index (χ1n) is 3.47. The molecular weight excluding hydrogens is 372 g/mol. The minimum Gasteiger partial charge on any atom is -1.00 e. The predicted octanol–water partition coefficient (Wildman–Crippen LogP) is -2.85. The maximum Gasteiger partial charge on any atom is 4.00 e. The number of nitrogens with one attached hydrogen (secondary N) is 1. The number of hydrogen-bond donors (Lipinski definition) is 0. The van der Waals surface area contributed by atoms with E-state index in [-0.39, 0.29) is 56.2 Å². The van der Waals surface area contributed by atoms with Gasteiger partial charge in [-0.15, -0.1) is 12.0 Å². The van der Waals surface area contributed by atoms with Crippen molar-refractivity contribution in [2.24, 2.45) is 0 Å². The van der Waals surface area contributed by atoms with Crippen LogP contribution in [0.1, 0.15) is 27.2 Å². The van der Waals surface area contributed by atoms with Crippen LogP contribution in [0.2, 0.25) is 0 Å². The van der Waals surface area contributed by atoms with E-state index in [0.717, 1.165) is 6.42 Å². The molecule has 0 heterocycles. The zero-order chi connectivity index (χ0) is 8.04. The first-order valence-corrected chi connectivity index (χ1v) is 3.47. The molecule has 13 heavy (non-hydrogen) atoms. The summed E-state index contributed by atoms with van der Waals surface area (Å²) < 4.78 is 0. The van der Waals surface area contributed by atoms with Crippen LogP contribution in [0, 0.1) is 6.08 Å². The van der Waals surface area contributed by atoms with Crippen molar-refractivity contribution in [2.45, 2.75) is 32.7 Å². The Morgan fingerprint density at radius 1 is 1.23 bits per heavy atom. The van der Waals surface area contributed by atoms with E-state index < -0.39 is 0 Å². The van der Waals surface area contributed by atoms with Crippen molar-refractivity contribution in [3.05, 3.63) is 30.0 Å². The minimum absolute atomic E-state index is 0. The van der Waals surface area contributed by atoms with Gasteiger partial charge in [0.2, 0.25) is 0 Å². The average Bonchev–Trinajstić information content (AvgIpc) is 2.07. The molecule has 1 N–H and O–H groups in total. The third kappa shape index (κ3) is 44.1. The second-order valence-electron chi connectivity index (χ2n) is 3.25. The van der Waals surface area contributed by atoms with E-state index in [1.807, 2.05) is 32.9 Å². The Bertz CT molecular complexity index is 123. The van der Waals surface area contributed by atoms with Crippen LogP contribution in [0.3, 0.4) is 0 Å². The standard InChI is InChI=1S/C5H5.C4H10N.2ClH.Hf/c1-2-4-5-3-1;1-4(2,3)5;;;/h1-3H,4H2;5H,1-3H3;2*1H;/q2*-1;;;+4/p-2. The van der Waals surface area contributed by atoms with E-state index in [2.05, 4.69) is 12.2 Å². The SMILES string of the molecule is CC(C)(C)[NH-].[C-]1=CC=CC1.[Cl-].[Cl-].[Hf+4]. The van der Waals surface area contributed by atoms with Crippen molar-refractivity contribution in [1.82, 2.24) is 0 Å². The second-order valence-corrected chi connectivity index (χ2v) is 3.25. The van der Waals surface area contributed by atoms with Crippen LogP contribution in [0.25, 0.3) is 5.73 Å². The van der Waals surface area contributed by atoms with Crippen molar-refractivity contribution in [2.75, 3.05) is 0 Å². The van der Waals surface area contributed by atoms with Crippen molar-refractivity contribution in [3.8, 4) is 0 Å². The van der Waals surface area contributed by atoms with Gasteiger partial charge in [-0.2, -0.15) is 6.08 Å². The molecule has 4 heteroatoms. The molecular formula is C9H15Cl2HfN. The van der Waals surface area contributed by atoms with Crippen LogP contribution < -0.4 is 24.8 Å². The summed E-state index contributed by atoms with van der Waals surface area (Å²) in [5.74, 6) is 0. The number of rotatable bonds is 0. The predicted molar refractivity (Wildman–Crippen MR) is 45.6 cm³/mol. The molecule has 1 aliphatic carbocycles. The van der Waals surface area contributed by atoms with Crippen LogP contribution in [0.15, 0.2) is 18.2 Å². The molecule has 1 nitrogen and oxygen atoms in total. The molecule has 74 valence electrons. The molecule has 0 aliphatic heterocycles. The monoisotopic (exact) mass is 387 g/mol. The Hall–Kier alpha value is 0.890. The van der Waals surface area contributed by atoms with E-state index in [4.69, 9.17) is 5.73 Å². The maximum absolute atomic E-state index is 6.94. The van der Waals surface area contributed by atoms with Gasteiger partial charge in [0, 0.05) is 0 Å². The van der Waals surface area contributed by atoms with Gasteiger partial charge < -0.3 is 30.5 Å². The fourth-order valence-corrected chi connectivity index (χ4v) is 0.340. The molecule has 0 radical (unpaired) electrons. The molecule has 1 rings (SSSR count). The second kappa shape index (κ2) is 12.9. The normalized spacial score (nSPS) is 11.4. The molecule has 0 aromatic carbocycles. The van der Waals surface area contributed by atoms with Crippen LogP contribution in [0.4, 0.5) is 0 Å². The van der Waals surface area contributed by atoms with Crippen LogP contribution in [-0.2, 0) is 25.8 Å². The van der Waals surface area contributed by atoms with Crippen LogP contribution >= 0.6 is 0 Å². The van der Waals surface area contributed by atoms with Crippen molar-refractivity contribution >= 4 is 0 Å². The Morgan fingerprint density at radius 2 is 1.62 bits per heavy atom. The maximum atomic E-state index is 6.94. The Morgan fingerprint density at radius 3 is 1.69 bits per heavy atom. The fraction of sp³-hybridized carbons (Fsp3) is 0.556. The summed E-state index contributed by atoms with van der Waals surface area (Å²) in [6, 6.07) is 0. The quantitative estimate of drug-likeness (QED) is 0.316. The van der Waals surface area contributed by atoms with Gasteiger partial charge in [0.1, 0.15) is 0 Å². The first-order chi connectivity index (χ1) is 4.50. The molecule has 0 fully saturated rings. The van der Waals surface area contributed by atoms with E-state index in [1.54, 1.807) is 0 Å². The van der Waals surface area contributed by atoms with E-state index in [9.17, 15) is 0 Å². The topological polar surface area (TPSA) is 23.8 Å². The number of hydrogen-bond acceptors (Lipinski definition) is 0. The largest absolute Gasteiger partial charge is 4.00 e. The molecule has 0 aromatic heterocycles. The van der Waals surface area contributed by atoms with E-state index in [1.165, 1.54) is 0 Å². The smallest absolute Gasteiger partial charge is 1.00 e. The van der Waals surface area contributed by atoms with E-state index >= 15 is 0 Å². The molecule has 1 aliphatic rings. The van der Waals surface area contributed by atoms with Gasteiger partial charge in [-0.1, -0.05) is 20.8 Å². The van der Waals surface area contributed by atoms with Gasteiger partial charge in [0.15, 0.2) is 0 Å². The van der Waals surface area contributed by atoms with Crippen LogP contribution in [-0.4, -0.2) is 5.54 Å². The fourth-order valence-electron chi connectivity index (χ4n) is 0.340. The minimum atomic E-state index is -0.250. The average molecular weight is 387 g/mol. The molecule has 0 atom stereocenters. The van der Waals surface area contributed by atoms with Crippen molar-refractivity contribution < 1.29 is 50.7 Å². The molecule has 0 saturated heterocycles. The van der Waals surface area contributed by atoms with Gasteiger partial charge in [0.25, 0.3) is 0 Å². The van der Waals surface area contributed by atoms with Crippen molar-refractivity contribution in [1.29, 1.82) is 0 Å². The molecule has 0 unspecified atom stereocenters. The molecule has 0 saturated carbocycles.